The molecule has 0 aromatic carbocycles. The smallest absolute Gasteiger partial charge is 0.246 e. The molecule has 0 aliphatic carbocycles. The van der Waals surface area contributed by atoms with Crippen molar-refractivity contribution in [1.82, 2.24) is 10.2 Å². The molecule has 1 N–H and O–H groups in total. The molecule has 0 radical (unpaired) electrons. The van der Waals surface area contributed by atoms with Gasteiger partial charge in [-0.25, -0.2) is 0 Å². The fraction of sp³-hybridized carbons (Fsp3) is 0.875. The highest BCUT2D eigenvalue weighted by molar-refractivity contribution is 5.97. The predicted octanol–water partition coefficient (Wildman–Crippen LogP) is 1.56. The topological polar surface area (TPSA) is 58.6 Å². The summed E-state index contributed by atoms with van der Waals surface area (Å²) in [6, 6.07) is -0.833. The number of piperazine rings is 1. The number of ether oxygens (including phenoxy) is 1. The second-order valence-electron chi connectivity index (χ2n) is 7.87. The van der Waals surface area contributed by atoms with E-state index in [0.29, 0.717) is 6.54 Å². The summed E-state index contributed by atoms with van der Waals surface area (Å²) in [5.41, 5.74) is -0.232. The van der Waals surface area contributed by atoms with Crippen LogP contribution in [0.4, 0.5) is 0 Å². The van der Waals surface area contributed by atoms with Crippen molar-refractivity contribution in [2.75, 3.05) is 19.8 Å². The second-order valence-corrected chi connectivity index (χ2v) is 7.87. The van der Waals surface area contributed by atoms with E-state index in [1.165, 1.54) is 0 Å². The van der Waals surface area contributed by atoms with E-state index in [2.05, 4.69) is 12.2 Å². The Morgan fingerprint density at radius 3 is 2.38 bits per heavy atom. The van der Waals surface area contributed by atoms with E-state index in [1.54, 1.807) is 4.90 Å². The zero-order valence-corrected chi connectivity index (χ0v) is 13.9. The molecule has 2 atom stereocenters. The molecule has 120 valence electrons. The van der Waals surface area contributed by atoms with Gasteiger partial charge in [-0.2, -0.15) is 0 Å². The van der Waals surface area contributed by atoms with Gasteiger partial charge in [0.15, 0.2) is 0 Å². The van der Waals surface area contributed by atoms with Crippen LogP contribution in [0.5, 0.6) is 0 Å². The minimum atomic E-state index is -0.440. The lowest BCUT2D eigenvalue weighted by Gasteiger charge is -2.46. The largest absolute Gasteiger partial charge is 0.381 e. The molecule has 0 aromatic heterocycles. The van der Waals surface area contributed by atoms with E-state index in [1.807, 2.05) is 27.7 Å². The van der Waals surface area contributed by atoms with Crippen LogP contribution in [0.2, 0.25) is 0 Å². The summed E-state index contributed by atoms with van der Waals surface area (Å²) in [5.74, 6) is -0.00694. The summed E-state index contributed by atoms with van der Waals surface area (Å²) in [5, 5.41) is 2.88. The van der Waals surface area contributed by atoms with Crippen LogP contribution >= 0.6 is 0 Å². The van der Waals surface area contributed by atoms with E-state index >= 15 is 0 Å². The maximum atomic E-state index is 12.8. The predicted molar refractivity (Wildman–Crippen MR) is 80.7 cm³/mol. The molecular formula is C16H28N2O3. The number of hydrogen-bond acceptors (Lipinski definition) is 3. The molecule has 2 aliphatic rings. The van der Waals surface area contributed by atoms with Crippen LogP contribution in [0.25, 0.3) is 0 Å². The van der Waals surface area contributed by atoms with Crippen molar-refractivity contribution >= 4 is 11.8 Å². The monoisotopic (exact) mass is 296 g/mol. The standard InChI is InChI=1S/C16H28N2O3/c1-11-13(19)17-12(15(2,3)4)14(20)18(11)10-16(5)6-8-21-9-7-16/h11-12H,6-10H2,1-5H3,(H,17,19). The normalized spacial score (nSPS) is 30.2. The van der Waals surface area contributed by atoms with Crippen LogP contribution in [0.1, 0.15) is 47.5 Å². The minimum Gasteiger partial charge on any atom is -0.381 e. The second kappa shape index (κ2) is 5.59. The molecule has 2 aliphatic heterocycles. The summed E-state index contributed by atoms with van der Waals surface area (Å²) >= 11 is 0. The first kappa shape index (κ1) is 16.3. The van der Waals surface area contributed by atoms with E-state index in [0.717, 1.165) is 26.1 Å². The lowest BCUT2D eigenvalue weighted by Crippen LogP contribution is -2.67. The first-order valence-electron chi connectivity index (χ1n) is 7.83. The number of amides is 2. The van der Waals surface area contributed by atoms with Gasteiger partial charge in [-0.3, -0.25) is 9.59 Å². The number of carbonyl (C=O) groups excluding carboxylic acids is 2. The van der Waals surface area contributed by atoms with Gasteiger partial charge in [0.2, 0.25) is 11.8 Å². The molecule has 21 heavy (non-hydrogen) atoms. The Hall–Kier alpha value is -1.10. The van der Waals surface area contributed by atoms with Crippen molar-refractivity contribution in [1.29, 1.82) is 0 Å². The molecule has 2 amide bonds. The maximum Gasteiger partial charge on any atom is 0.246 e. The SMILES string of the molecule is CC1C(=O)NC(C(C)(C)C)C(=O)N1CC1(C)CCOCC1. The lowest BCUT2D eigenvalue weighted by molar-refractivity contribution is -0.154. The molecule has 0 saturated carbocycles. The van der Waals surface area contributed by atoms with Gasteiger partial charge in [0.1, 0.15) is 12.1 Å². The van der Waals surface area contributed by atoms with Crippen LogP contribution in [0, 0.1) is 10.8 Å². The summed E-state index contributed by atoms with van der Waals surface area (Å²) < 4.78 is 5.42. The van der Waals surface area contributed by atoms with E-state index in [4.69, 9.17) is 4.74 Å². The van der Waals surface area contributed by atoms with E-state index < -0.39 is 12.1 Å². The van der Waals surface area contributed by atoms with Crippen LogP contribution in [-0.4, -0.2) is 48.6 Å². The molecule has 5 nitrogen and oxygen atoms in total. The van der Waals surface area contributed by atoms with Gasteiger partial charge in [-0.1, -0.05) is 27.7 Å². The summed E-state index contributed by atoms with van der Waals surface area (Å²) in [4.78, 5) is 26.8. The molecule has 2 heterocycles. The highest BCUT2D eigenvalue weighted by Gasteiger charge is 2.45. The number of nitrogens with zero attached hydrogens (tertiary/aromatic N) is 1. The van der Waals surface area contributed by atoms with Crippen LogP contribution in [-0.2, 0) is 14.3 Å². The Balaban J connectivity index is 2.19. The van der Waals surface area contributed by atoms with E-state index in [9.17, 15) is 9.59 Å². The molecule has 2 unspecified atom stereocenters. The van der Waals surface area contributed by atoms with Crippen molar-refractivity contribution in [3.63, 3.8) is 0 Å². The van der Waals surface area contributed by atoms with Gasteiger partial charge in [0.05, 0.1) is 0 Å². The number of hydrogen-bond donors (Lipinski definition) is 1. The molecule has 0 bridgehead atoms. The molecule has 0 aromatic rings. The zero-order chi connectivity index (χ0) is 15.8. The molecule has 2 fully saturated rings. The fourth-order valence-electron chi connectivity index (χ4n) is 3.06. The Kier molecular flexibility index (Phi) is 4.34. The average molecular weight is 296 g/mol. The molecular weight excluding hydrogens is 268 g/mol. The summed E-state index contributed by atoms with van der Waals surface area (Å²) in [6.45, 7) is 12.1. The average Bonchev–Trinajstić information content (AvgIpc) is 2.38. The van der Waals surface area contributed by atoms with Crippen molar-refractivity contribution in [2.45, 2.75) is 59.5 Å². The van der Waals surface area contributed by atoms with Crippen molar-refractivity contribution in [3.05, 3.63) is 0 Å². The van der Waals surface area contributed by atoms with Crippen molar-refractivity contribution in [2.24, 2.45) is 10.8 Å². The van der Waals surface area contributed by atoms with Crippen LogP contribution in [0.3, 0.4) is 0 Å². The first-order valence-corrected chi connectivity index (χ1v) is 7.83. The molecule has 2 saturated heterocycles. The Labute approximate surface area is 127 Å². The Morgan fingerprint density at radius 2 is 1.86 bits per heavy atom. The maximum absolute atomic E-state index is 12.8. The zero-order valence-electron chi connectivity index (χ0n) is 13.9. The minimum absolute atomic E-state index is 0.0438. The molecule has 5 heteroatoms. The third kappa shape index (κ3) is 3.39. The highest BCUT2D eigenvalue weighted by Crippen LogP contribution is 2.33. The summed E-state index contributed by atoms with van der Waals surface area (Å²) in [6.07, 6.45) is 1.87. The fourth-order valence-corrected chi connectivity index (χ4v) is 3.06. The van der Waals surface area contributed by atoms with Gasteiger partial charge in [-0.05, 0) is 30.6 Å². The number of nitrogens with one attached hydrogen (secondary N) is 1. The van der Waals surface area contributed by atoms with Gasteiger partial charge in [0.25, 0.3) is 0 Å². The van der Waals surface area contributed by atoms with Gasteiger partial charge in [0, 0.05) is 19.8 Å². The van der Waals surface area contributed by atoms with Crippen molar-refractivity contribution < 1.29 is 14.3 Å². The van der Waals surface area contributed by atoms with E-state index in [-0.39, 0.29) is 22.6 Å². The third-order valence-corrected chi connectivity index (χ3v) is 4.78. The van der Waals surface area contributed by atoms with Crippen molar-refractivity contribution in [3.8, 4) is 0 Å². The van der Waals surface area contributed by atoms with Gasteiger partial charge >= 0.3 is 0 Å². The highest BCUT2D eigenvalue weighted by atomic mass is 16.5. The quantitative estimate of drug-likeness (QED) is 0.841. The van der Waals surface area contributed by atoms with Crippen LogP contribution < -0.4 is 5.32 Å². The lowest BCUT2D eigenvalue weighted by atomic mass is 9.79. The molecule has 0 spiro atoms. The third-order valence-electron chi connectivity index (χ3n) is 4.78. The first-order chi connectivity index (χ1) is 9.64. The number of carbonyl (C=O) groups is 2. The van der Waals surface area contributed by atoms with Gasteiger partial charge < -0.3 is 15.0 Å². The van der Waals surface area contributed by atoms with Crippen LogP contribution in [0.15, 0.2) is 0 Å². The molecule has 2 rings (SSSR count). The Morgan fingerprint density at radius 1 is 1.29 bits per heavy atom. The number of rotatable bonds is 2. The van der Waals surface area contributed by atoms with Gasteiger partial charge in [-0.15, -0.1) is 0 Å². The Bertz CT molecular complexity index is 422. The summed E-state index contributed by atoms with van der Waals surface area (Å²) in [7, 11) is 0.